The highest BCUT2D eigenvalue weighted by Crippen LogP contribution is 2.37. The average molecular weight is 562 g/mol. The molecular formula is C26H20BrN5O3S. The molecule has 5 aromatic rings. The molecule has 5 rings (SSSR count). The summed E-state index contributed by atoms with van der Waals surface area (Å²) in [4.78, 5) is 22.5. The Kier molecular flexibility index (Phi) is 6.38. The highest BCUT2D eigenvalue weighted by molar-refractivity contribution is 9.10. The van der Waals surface area contributed by atoms with Gasteiger partial charge in [0, 0.05) is 45.6 Å². The fourth-order valence-electron chi connectivity index (χ4n) is 3.97. The number of nitrogen functional groups attached to an aromatic ring is 1. The highest BCUT2D eigenvalue weighted by Gasteiger charge is 2.20. The number of rotatable bonds is 6. The maximum Gasteiger partial charge on any atom is 0.321 e. The summed E-state index contributed by atoms with van der Waals surface area (Å²) in [6, 6.07) is 16.6. The monoisotopic (exact) mass is 561 g/mol. The molecule has 2 N–H and O–H groups in total. The molecule has 0 aliphatic heterocycles. The molecule has 0 fully saturated rings. The van der Waals surface area contributed by atoms with Crippen molar-refractivity contribution in [3.05, 3.63) is 92.5 Å². The normalized spacial score (nSPS) is 11.8. The van der Waals surface area contributed by atoms with Gasteiger partial charge >= 0.3 is 5.88 Å². The van der Waals surface area contributed by atoms with Gasteiger partial charge in [-0.1, -0.05) is 46.3 Å². The highest BCUT2D eigenvalue weighted by atomic mass is 79.9. The third-order valence-electron chi connectivity index (χ3n) is 5.85. The minimum absolute atomic E-state index is 0.0213. The third kappa shape index (κ3) is 4.52. The Bertz CT molecular complexity index is 1630. The summed E-state index contributed by atoms with van der Waals surface area (Å²) in [5, 5.41) is 17.6. The van der Waals surface area contributed by atoms with E-state index in [4.69, 9.17) is 10.3 Å². The molecule has 0 bridgehead atoms. The van der Waals surface area contributed by atoms with Gasteiger partial charge < -0.3 is 10.8 Å². The van der Waals surface area contributed by atoms with E-state index in [9.17, 15) is 9.90 Å². The summed E-state index contributed by atoms with van der Waals surface area (Å²) in [5.41, 5.74) is 10.5. The number of carbonyl (C=O) groups excluding carboxylic acids is 1. The Labute approximate surface area is 218 Å². The van der Waals surface area contributed by atoms with Crippen LogP contribution in [-0.4, -0.2) is 21.9 Å². The summed E-state index contributed by atoms with van der Waals surface area (Å²) in [6.07, 6.45) is 1.71. The van der Waals surface area contributed by atoms with E-state index in [2.05, 4.69) is 31.2 Å². The molecule has 10 heteroatoms. The molecule has 0 spiro atoms. The molecule has 0 amide bonds. The molecular weight excluding hydrogens is 542 g/mol. The number of benzene rings is 2. The molecule has 0 aliphatic carbocycles. The van der Waals surface area contributed by atoms with Crippen molar-refractivity contribution in [2.24, 2.45) is 4.99 Å². The first kappa shape index (κ1) is 23.8. The predicted octanol–water partition coefficient (Wildman–Crippen LogP) is 4.39. The first-order valence-corrected chi connectivity index (χ1v) is 12.6. The van der Waals surface area contributed by atoms with E-state index in [0.29, 0.717) is 21.5 Å². The SMILES string of the molecule is Cc1nc2sc(/C([O-])=N/c3c[n+](-c4ccccc4)no3)c(N)c2c(C)c1CC(=O)c1ccc(Br)cc1. The second-order valence-electron chi connectivity index (χ2n) is 8.17. The van der Waals surface area contributed by atoms with Gasteiger partial charge in [-0.2, -0.15) is 0 Å². The van der Waals surface area contributed by atoms with Gasteiger partial charge in [0.1, 0.15) is 4.83 Å². The Hall–Kier alpha value is -3.89. The second kappa shape index (κ2) is 9.63. The van der Waals surface area contributed by atoms with Crippen molar-refractivity contribution in [2.45, 2.75) is 20.3 Å². The minimum Gasteiger partial charge on any atom is -0.857 e. The quantitative estimate of drug-likeness (QED) is 0.142. The lowest BCUT2D eigenvalue weighted by molar-refractivity contribution is -0.670. The van der Waals surface area contributed by atoms with Crippen LogP contribution in [0.25, 0.3) is 15.9 Å². The maximum absolute atomic E-state index is 13.0. The van der Waals surface area contributed by atoms with Crippen LogP contribution in [-0.2, 0) is 6.42 Å². The van der Waals surface area contributed by atoms with Crippen LogP contribution >= 0.6 is 27.3 Å². The number of nitrogens with zero attached hydrogens (tertiary/aromatic N) is 4. The predicted molar refractivity (Wildman–Crippen MR) is 140 cm³/mol. The molecule has 2 aromatic carbocycles. The summed E-state index contributed by atoms with van der Waals surface area (Å²) in [5.74, 6) is -0.509. The van der Waals surface area contributed by atoms with Crippen molar-refractivity contribution in [1.82, 2.24) is 10.3 Å². The Morgan fingerprint density at radius 2 is 1.89 bits per heavy atom. The van der Waals surface area contributed by atoms with Crippen molar-refractivity contribution in [2.75, 3.05) is 5.73 Å². The van der Waals surface area contributed by atoms with Gasteiger partial charge in [0.2, 0.25) is 11.0 Å². The number of carbonyl (C=O) groups is 1. The summed E-state index contributed by atoms with van der Waals surface area (Å²) >= 11 is 4.56. The van der Waals surface area contributed by atoms with E-state index in [0.717, 1.165) is 27.0 Å². The standard InChI is InChI=1S/C26H20BrN5O3S/c1-14-19(12-20(33)16-8-10-17(27)11-9-16)15(2)29-26-22(14)23(28)24(36-26)25(34)30-21-13-32(31-35-21)18-6-4-3-5-7-18/h3-11,13H,12H2,1-2H3,(H2-,28,30,31,34). The first-order chi connectivity index (χ1) is 17.3. The molecule has 3 aromatic heterocycles. The van der Waals surface area contributed by atoms with Crippen LogP contribution in [0.1, 0.15) is 32.1 Å². The fourth-order valence-corrected chi connectivity index (χ4v) is 5.32. The fraction of sp³-hybridized carbons (Fsp3) is 0.115. The van der Waals surface area contributed by atoms with E-state index >= 15 is 0 Å². The van der Waals surface area contributed by atoms with Crippen molar-refractivity contribution in [3.63, 3.8) is 0 Å². The van der Waals surface area contributed by atoms with Crippen LogP contribution in [0.15, 0.2) is 74.8 Å². The molecule has 3 heterocycles. The van der Waals surface area contributed by atoms with E-state index in [1.165, 1.54) is 22.2 Å². The zero-order chi connectivity index (χ0) is 25.4. The largest absolute Gasteiger partial charge is 0.857 e. The molecule has 8 nitrogen and oxygen atoms in total. The van der Waals surface area contributed by atoms with E-state index in [1.54, 1.807) is 12.1 Å². The van der Waals surface area contributed by atoms with Crippen molar-refractivity contribution >= 4 is 60.7 Å². The van der Waals surface area contributed by atoms with Crippen LogP contribution in [0, 0.1) is 13.8 Å². The lowest BCUT2D eigenvalue weighted by Gasteiger charge is -2.11. The topological polar surface area (TPSA) is 121 Å². The number of pyridine rings is 1. The number of hydrogen-bond acceptors (Lipinski definition) is 8. The molecule has 0 radical (unpaired) electrons. The van der Waals surface area contributed by atoms with Gasteiger partial charge in [-0.05, 0) is 41.8 Å². The molecule has 0 unspecified atom stereocenters. The number of halogens is 1. The zero-order valence-corrected chi connectivity index (χ0v) is 21.8. The molecule has 36 heavy (non-hydrogen) atoms. The molecule has 0 atom stereocenters. The van der Waals surface area contributed by atoms with Gasteiger partial charge in [-0.3, -0.25) is 9.32 Å². The Morgan fingerprint density at radius 1 is 1.17 bits per heavy atom. The lowest BCUT2D eigenvalue weighted by Crippen LogP contribution is -2.30. The van der Waals surface area contributed by atoms with Gasteiger partial charge in [-0.25, -0.2) is 9.98 Å². The summed E-state index contributed by atoms with van der Waals surface area (Å²) in [6.45, 7) is 3.75. The van der Waals surface area contributed by atoms with Gasteiger partial charge in [-0.15, -0.1) is 11.3 Å². The number of para-hydroxylation sites is 1. The zero-order valence-electron chi connectivity index (χ0n) is 19.4. The number of fused-ring (bicyclic) bond motifs is 1. The Balaban J connectivity index is 1.48. The molecule has 180 valence electrons. The summed E-state index contributed by atoms with van der Waals surface area (Å²) in [7, 11) is 0. The molecule has 0 saturated heterocycles. The van der Waals surface area contributed by atoms with Crippen molar-refractivity contribution in [1.29, 1.82) is 0 Å². The Morgan fingerprint density at radius 3 is 2.61 bits per heavy atom. The van der Waals surface area contributed by atoms with Crippen LogP contribution in [0.3, 0.4) is 0 Å². The molecule has 0 saturated carbocycles. The minimum atomic E-state index is -0.545. The van der Waals surface area contributed by atoms with Gasteiger partial charge in [0.15, 0.2) is 5.78 Å². The maximum atomic E-state index is 13.0. The van der Waals surface area contributed by atoms with Crippen LogP contribution in [0.5, 0.6) is 0 Å². The van der Waals surface area contributed by atoms with Crippen molar-refractivity contribution in [3.8, 4) is 5.69 Å². The number of ketones is 1. The number of anilines is 1. The van der Waals surface area contributed by atoms with E-state index in [1.807, 2.05) is 56.3 Å². The third-order valence-corrected chi connectivity index (χ3v) is 7.46. The number of aryl methyl sites for hydroxylation is 2. The van der Waals surface area contributed by atoms with E-state index in [-0.39, 0.29) is 23.0 Å². The van der Waals surface area contributed by atoms with Crippen LogP contribution in [0.2, 0.25) is 0 Å². The van der Waals surface area contributed by atoms with E-state index < -0.39 is 5.90 Å². The lowest BCUT2D eigenvalue weighted by atomic mass is 9.96. The van der Waals surface area contributed by atoms with Crippen LogP contribution < -0.4 is 15.5 Å². The number of nitrogens with two attached hydrogens (primary N) is 1. The molecule has 0 aliphatic rings. The number of aromatic nitrogens is 3. The smallest absolute Gasteiger partial charge is 0.321 e. The average Bonchev–Trinajstić information content (AvgIpc) is 3.47. The number of Topliss-reactive ketones (excluding diaryl/α,β-unsaturated/α-hetero) is 1. The first-order valence-electron chi connectivity index (χ1n) is 11.0. The number of aliphatic imine (C=N–C) groups is 1. The van der Waals surface area contributed by atoms with Crippen LogP contribution in [0.4, 0.5) is 11.6 Å². The van der Waals surface area contributed by atoms with Gasteiger partial charge in [0.25, 0.3) is 6.20 Å². The number of thiophene rings is 1. The van der Waals surface area contributed by atoms with Crippen molar-refractivity contribution < 1.29 is 19.1 Å². The van der Waals surface area contributed by atoms with Gasteiger partial charge in [0.05, 0.1) is 10.6 Å². The summed E-state index contributed by atoms with van der Waals surface area (Å²) < 4.78 is 7.61. The number of hydrogen-bond donors (Lipinski definition) is 1. The second-order valence-corrected chi connectivity index (χ2v) is 10.1.